The predicted molar refractivity (Wildman–Crippen MR) is 83.5 cm³/mol. The smallest absolute Gasteiger partial charge is 0.315 e. The molecule has 2 aliphatic carbocycles. The van der Waals surface area contributed by atoms with E-state index >= 15 is 0 Å². The van der Waals surface area contributed by atoms with E-state index in [1.54, 1.807) is 6.07 Å². The lowest BCUT2D eigenvalue weighted by Gasteiger charge is -2.17. The number of aliphatic hydroxyl groups excluding tert-OH is 1. The minimum atomic E-state index is -0.704. The summed E-state index contributed by atoms with van der Waals surface area (Å²) in [5, 5.41) is 15.3. The SMILES string of the molecule is O=C(NCC(O)COCC1CC1)NC1CCc2cc(F)ccc21. The fraction of sp³-hybridized carbons (Fsp3) is 0.588. The molecule has 1 fully saturated rings. The van der Waals surface area contributed by atoms with Gasteiger partial charge in [-0.25, -0.2) is 9.18 Å². The van der Waals surface area contributed by atoms with Gasteiger partial charge in [0.05, 0.1) is 18.8 Å². The molecule has 0 spiro atoms. The quantitative estimate of drug-likeness (QED) is 0.718. The van der Waals surface area contributed by atoms with Crippen molar-refractivity contribution >= 4 is 6.03 Å². The summed E-state index contributed by atoms with van der Waals surface area (Å²) in [5.41, 5.74) is 1.92. The van der Waals surface area contributed by atoms with E-state index in [-0.39, 0.29) is 31.0 Å². The van der Waals surface area contributed by atoms with Gasteiger partial charge in [-0.05, 0) is 54.9 Å². The van der Waals surface area contributed by atoms with Crippen LogP contribution in [0.3, 0.4) is 0 Å². The molecule has 1 saturated carbocycles. The number of hydrogen-bond donors (Lipinski definition) is 3. The summed E-state index contributed by atoms with van der Waals surface area (Å²) in [5.74, 6) is 0.411. The summed E-state index contributed by atoms with van der Waals surface area (Å²) in [6.45, 7) is 1.08. The lowest BCUT2D eigenvalue weighted by atomic mass is 10.1. The second kappa shape index (κ2) is 7.27. The van der Waals surface area contributed by atoms with Gasteiger partial charge in [0.1, 0.15) is 5.82 Å². The van der Waals surface area contributed by atoms with Crippen LogP contribution in [0, 0.1) is 11.7 Å². The number of benzene rings is 1. The Morgan fingerprint density at radius 1 is 1.39 bits per heavy atom. The number of hydrogen-bond acceptors (Lipinski definition) is 3. The van der Waals surface area contributed by atoms with Crippen LogP contribution in [0.5, 0.6) is 0 Å². The molecule has 2 unspecified atom stereocenters. The topological polar surface area (TPSA) is 70.6 Å². The van der Waals surface area contributed by atoms with E-state index in [9.17, 15) is 14.3 Å². The van der Waals surface area contributed by atoms with Gasteiger partial charge in [0.25, 0.3) is 0 Å². The van der Waals surface area contributed by atoms with Crippen LogP contribution in [-0.2, 0) is 11.2 Å². The Hall–Kier alpha value is -1.66. The molecule has 2 aliphatic rings. The van der Waals surface area contributed by atoms with Crippen molar-refractivity contribution in [3.8, 4) is 0 Å². The molecule has 2 atom stereocenters. The van der Waals surface area contributed by atoms with E-state index in [0.717, 1.165) is 24.0 Å². The van der Waals surface area contributed by atoms with Gasteiger partial charge in [-0.15, -0.1) is 0 Å². The maximum Gasteiger partial charge on any atom is 0.315 e. The van der Waals surface area contributed by atoms with E-state index < -0.39 is 6.10 Å². The third kappa shape index (κ3) is 4.65. The average molecular weight is 322 g/mol. The Morgan fingerprint density at radius 3 is 3.00 bits per heavy atom. The van der Waals surface area contributed by atoms with E-state index in [1.165, 1.54) is 25.0 Å². The van der Waals surface area contributed by atoms with Crippen molar-refractivity contribution in [1.29, 1.82) is 0 Å². The van der Waals surface area contributed by atoms with Gasteiger partial charge in [0.15, 0.2) is 0 Å². The fourth-order valence-electron chi connectivity index (χ4n) is 2.87. The lowest BCUT2D eigenvalue weighted by Crippen LogP contribution is -2.42. The number of halogens is 1. The van der Waals surface area contributed by atoms with E-state index in [1.807, 2.05) is 0 Å². The number of amides is 2. The first-order valence-electron chi connectivity index (χ1n) is 8.20. The van der Waals surface area contributed by atoms with Gasteiger partial charge in [0, 0.05) is 13.2 Å². The highest BCUT2D eigenvalue weighted by Crippen LogP contribution is 2.31. The lowest BCUT2D eigenvalue weighted by molar-refractivity contribution is 0.0337. The first-order valence-corrected chi connectivity index (χ1v) is 8.20. The van der Waals surface area contributed by atoms with Crippen molar-refractivity contribution in [2.24, 2.45) is 5.92 Å². The molecule has 6 heteroatoms. The number of ether oxygens (including phenoxy) is 1. The number of aliphatic hydroxyl groups is 1. The van der Waals surface area contributed by atoms with Crippen LogP contribution in [-0.4, -0.2) is 37.0 Å². The van der Waals surface area contributed by atoms with Gasteiger partial charge in [-0.3, -0.25) is 0 Å². The number of fused-ring (bicyclic) bond motifs is 1. The van der Waals surface area contributed by atoms with E-state index in [2.05, 4.69) is 10.6 Å². The van der Waals surface area contributed by atoms with Crippen molar-refractivity contribution in [2.45, 2.75) is 37.8 Å². The molecule has 126 valence electrons. The molecule has 3 N–H and O–H groups in total. The summed E-state index contributed by atoms with van der Waals surface area (Å²) >= 11 is 0. The van der Waals surface area contributed by atoms with Crippen molar-refractivity contribution in [1.82, 2.24) is 10.6 Å². The summed E-state index contributed by atoms with van der Waals surface area (Å²) in [4.78, 5) is 11.9. The van der Waals surface area contributed by atoms with Crippen LogP contribution in [0.25, 0.3) is 0 Å². The molecular formula is C17H23FN2O3. The Bertz CT molecular complexity index is 563. The standard InChI is InChI=1S/C17H23FN2O3/c18-13-4-5-15-12(7-13)3-6-16(15)20-17(22)19-8-14(21)10-23-9-11-1-2-11/h4-5,7,11,14,16,21H,1-3,6,8-10H2,(H2,19,20,22). The Kier molecular flexibility index (Phi) is 5.13. The summed E-state index contributed by atoms with van der Waals surface area (Å²) in [7, 11) is 0. The zero-order chi connectivity index (χ0) is 16.2. The Balaban J connectivity index is 1.38. The number of urea groups is 1. The summed E-state index contributed by atoms with van der Waals surface area (Å²) in [6, 6.07) is 4.24. The predicted octanol–water partition coefficient (Wildman–Crippen LogP) is 1.90. The van der Waals surface area contributed by atoms with Gasteiger partial charge in [-0.1, -0.05) is 6.07 Å². The van der Waals surface area contributed by atoms with Gasteiger partial charge >= 0.3 is 6.03 Å². The second-order valence-corrected chi connectivity index (χ2v) is 6.42. The van der Waals surface area contributed by atoms with E-state index in [0.29, 0.717) is 12.5 Å². The van der Waals surface area contributed by atoms with Crippen LogP contribution >= 0.6 is 0 Å². The van der Waals surface area contributed by atoms with Crippen LogP contribution in [0.1, 0.15) is 36.4 Å². The molecule has 2 amide bonds. The molecule has 0 radical (unpaired) electrons. The zero-order valence-corrected chi connectivity index (χ0v) is 13.1. The molecule has 1 aromatic carbocycles. The van der Waals surface area contributed by atoms with Crippen LogP contribution in [0.2, 0.25) is 0 Å². The highest BCUT2D eigenvalue weighted by molar-refractivity contribution is 5.74. The summed E-state index contributed by atoms with van der Waals surface area (Å²) in [6.07, 6.45) is 3.24. The number of carbonyl (C=O) groups is 1. The molecule has 0 saturated heterocycles. The third-order valence-electron chi connectivity index (χ3n) is 4.35. The molecule has 5 nitrogen and oxygen atoms in total. The Morgan fingerprint density at radius 2 is 2.22 bits per heavy atom. The maximum atomic E-state index is 13.2. The van der Waals surface area contributed by atoms with Crippen molar-refractivity contribution in [3.05, 3.63) is 35.1 Å². The molecule has 23 heavy (non-hydrogen) atoms. The summed E-state index contributed by atoms with van der Waals surface area (Å²) < 4.78 is 18.6. The monoisotopic (exact) mass is 322 g/mol. The second-order valence-electron chi connectivity index (χ2n) is 6.42. The minimum Gasteiger partial charge on any atom is -0.389 e. The number of nitrogens with one attached hydrogen (secondary N) is 2. The molecule has 0 aromatic heterocycles. The molecule has 0 heterocycles. The highest BCUT2D eigenvalue weighted by Gasteiger charge is 2.24. The van der Waals surface area contributed by atoms with Gasteiger partial charge in [-0.2, -0.15) is 0 Å². The van der Waals surface area contributed by atoms with E-state index in [4.69, 9.17) is 4.74 Å². The number of aryl methyl sites for hydroxylation is 1. The van der Waals surface area contributed by atoms with Crippen molar-refractivity contribution in [3.63, 3.8) is 0 Å². The Labute approximate surface area is 135 Å². The van der Waals surface area contributed by atoms with Gasteiger partial charge < -0.3 is 20.5 Å². The first kappa shape index (κ1) is 16.2. The van der Waals surface area contributed by atoms with Crippen molar-refractivity contribution < 1.29 is 19.0 Å². The largest absolute Gasteiger partial charge is 0.389 e. The average Bonchev–Trinajstić information content (AvgIpc) is 3.27. The maximum absolute atomic E-state index is 13.2. The minimum absolute atomic E-state index is 0.103. The van der Waals surface area contributed by atoms with Crippen molar-refractivity contribution in [2.75, 3.05) is 19.8 Å². The van der Waals surface area contributed by atoms with Crippen LogP contribution in [0.15, 0.2) is 18.2 Å². The van der Waals surface area contributed by atoms with Gasteiger partial charge in [0.2, 0.25) is 0 Å². The highest BCUT2D eigenvalue weighted by atomic mass is 19.1. The normalized spacial score (nSPS) is 20.9. The molecule has 0 bridgehead atoms. The first-order chi connectivity index (χ1) is 11.1. The fourth-order valence-corrected chi connectivity index (χ4v) is 2.87. The zero-order valence-electron chi connectivity index (χ0n) is 13.1. The number of rotatable bonds is 7. The third-order valence-corrected chi connectivity index (χ3v) is 4.35. The number of carbonyl (C=O) groups excluding carboxylic acids is 1. The molecular weight excluding hydrogens is 299 g/mol. The molecule has 1 aromatic rings. The van der Waals surface area contributed by atoms with Crippen LogP contribution in [0.4, 0.5) is 9.18 Å². The molecule has 3 rings (SSSR count). The molecule has 0 aliphatic heterocycles. The van der Waals surface area contributed by atoms with Crippen LogP contribution < -0.4 is 10.6 Å².